The van der Waals surface area contributed by atoms with E-state index in [0.29, 0.717) is 11.9 Å². The minimum absolute atomic E-state index is 0.0317. The summed E-state index contributed by atoms with van der Waals surface area (Å²) in [5.74, 6) is 1.47. The Morgan fingerprint density at radius 1 is 1.33 bits per heavy atom. The van der Waals surface area contributed by atoms with Crippen LogP contribution in [0.2, 0.25) is 0 Å². The van der Waals surface area contributed by atoms with Gasteiger partial charge in [0.25, 0.3) is 0 Å². The maximum atomic E-state index is 5.76. The smallest absolute Gasteiger partial charge is 0.175 e. The van der Waals surface area contributed by atoms with Crippen LogP contribution >= 0.6 is 27.7 Å². The van der Waals surface area contributed by atoms with Crippen LogP contribution in [0.25, 0.3) is 0 Å². The molecule has 2 aromatic rings. The SMILES string of the molecule is CCOc1c(Br)cc([C@H]2[C@@H](c3ccccn3)N=C3S[C@@H](C)CN32)cc1OC. The molecule has 2 aliphatic rings. The Balaban J connectivity index is 1.79. The summed E-state index contributed by atoms with van der Waals surface area (Å²) in [6, 6.07) is 10.3. The number of hydrogen-bond donors (Lipinski definition) is 0. The molecule has 0 saturated carbocycles. The van der Waals surface area contributed by atoms with Gasteiger partial charge in [-0.2, -0.15) is 0 Å². The Labute approximate surface area is 172 Å². The first kappa shape index (κ1) is 18.6. The fourth-order valence-electron chi connectivity index (χ4n) is 3.67. The summed E-state index contributed by atoms with van der Waals surface area (Å²) in [5.41, 5.74) is 2.13. The van der Waals surface area contributed by atoms with Crippen molar-refractivity contribution in [1.82, 2.24) is 9.88 Å². The van der Waals surface area contributed by atoms with Crippen molar-refractivity contribution in [2.75, 3.05) is 20.3 Å². The van der Waals surface area contributed by atoms with Gasteiger partial charge >= 0.3 is 0 Å². The monoisotopic (exact) mass is 447 g/mol. The summed E-state index contributed by atoms with van der Waals surface area (Å²) >= 11 is 5.50. The molecule has 142 valence electrons. The van der Waals surface area contributed by atoms with Gasteiger partial charge in [0.2, 0.25) is 0 Å². The van der Waals surface area contributed by atoms with Gasteiger partial charge in [-0.25, -0.2) is 0 Å². The first-order valence-electron chi connectivity index (χ1n) is 9.04. The number of halogens is 1. The molecule has 3 atom stereocenters. The lowest BCUT2D eigenvalue weighted by Gasteiger charge is -2.28. The number of hydrogen-bond acceptors (Lipinski definition) is 6. The van der Waals surface area contributed by atoms with Crippen molar-refractivity contribution < 1.29 is 9.47 Å². The van der Waals surface area contributed by atoms with Crippen LogP contribution in [-0.4, -0.2) is 40.6 Å². The lowest BCUT2D eigenvalue weighted by Crippen LogP contribution is -2.28. The van der Waals surface area contributed by atoms with Crippen LogP contribution in [-0.2, 0) is 0 Å². The van der Waals surface area contributed by atoms with Crippen molar-refractivity contribution in [3.63, 3.8) is 0 Å². The standard InChI is InChI=1S/C20H22BrN3O2S/c1-4-26-19-14(21)9-13(10-16(19)25-3)18-17(15-7-5-6-8-22-15)23-20-24(18)11-12(2)27-20/h5-10,12,17-18H,4,11H2,1-3H3/t12-,17+,18-/m0/s1. The van der Waals surface area contributed by atoms with Crippen molar-refractivity contribution >= 4 is 32.9 Å². The summed E-state index contributed by atoms with van der Waals surface area (Å²) in [4.78, 5) is 12.0. The van der Waals surface area contributed by atoms with Gasteiger partial charge in [-0.1, -0.05) is 24.8 Å². The minimum Gasteiger partial charge on any atom is -0.493 e. The average Bonchev–Trinajstić information content (AvgIpc) is 3.20. The van der Waals surface area contributed by atoms with E-state index < -0.39 is 0 Å². The molecule has 1 fully saturated rings. The van der Waals surface area contributed by atoms with Gasteiger partial charge in [0.15, 0.2) is 16.7 Å². The second-order valence-corrected chi connectivity index (χ2v) is 8.86. The Hall–Kier alpha value is -1.73. The zero-order valence-electron chi connectivity index (χ0n) is 15.6. The highest BCUT2D eigenvalue weighted by Gasteiger charge is 2.43. The quantitative estimate of drug-likeness (QED) is 0.655. The molecule has 7 heteroatoms. The Kier molecular flexibility index (Phi) is 5.32. The number of amidine groups is 1. The van der Waals surface area contributed by atoms with Crippen LogP contribution < -0.4 is 9.47 Å². The molecule has 0 amide bonds. The van der Waals surface area contributed by atoms with Gasteiger partial charge in [-0.3, -0.25) is 9.98 Å². The molecule has 0 radical (unpaired) electrons. The van der Waals surface area contributed by atoms with Crippen molar-refractivity contribution in [1.29, 1.82) is 0 Å². The van der Waals surface area contributed by atoms with E-state index in [1.165, 1.54) is 0 Å². The van der Waals surface area contributed by atoms with Crippen LogP contribution in [0.3, 0.4) is 0 Å². The maximum absolute atomic E-state index is 5.76. The number of aliphatic imine (C=N–C) groups is 1. The lowest BCUT2D eigenvalue weighted by molar-refractivity contribution is 0.302. The molecule has 27 heavy (non-hydrogen) atoms. The third kappa shape index (κ3) is 3.43. The van der Waals surface area contributed by atoms with E-state index in [-0.39, 0.29) is 12.1 Å². The van der Waals surface area contributed by atoms with Crippen LogP contribution in [0.15, 0.2) is 46.0 Å². The fourth-order valence-corrected chi connectivity index (χ4v) is 5.34. The molecule has 0 N–H and O–H groups in total. The zero-order valence-corrected chi connectivity index (χ0v) is 18.0. The van der Waals surface area contributed by atoms with Gasteiger partial charge in [-0.15, -0.1) is 0 Å². The highest BCUT2D eigenvalue weighted by Crippen LogP contribution is 2.49. The number of aromatic nitrogens is 1. The molecule has 5 nitrogen and oxygen atoms in total. The predicted molar refractivity (Wildman–Crippen MR) is 113 cm³/mol. The van der Waals surface area contributed by atoms with Crippen LogP contribution in [0.1, 0.15) is 37.2 Å². The van der Waals surface area contributed by atoms with E-state index in [2.05, 4.69) is 50.9 Å². The van der Waals surface area contributed by atoms with Crippen molar-refractivity contribution in [3.05, 3.63) is 52.3 Å². The van der Waals surface area contributed by atoms with E-state index in [1.807, 2.05) is 37.0 Å². The highest BCUT2D eigenvalue weighted by molar-refractivity contribution is 9.10. The third-order valence-corrected chi connectivity index (χ3v) is 6.45. The Bertz CT molecular complexity index is 862. The summed E-state index contributed by atoms with van der Waals surface area (Å²) in [7, 11) is 1.68. The molecule has 1 aromatic heterocycles. The van der Waals surface area contributed by atoms with E-state index in [9.17, 15) is 0 Å². The summed E-state index contributed by atoms with van der Waals surface area (Å²) in [6.07, 6.45) is 1.83. The number of nitrogens with zero attached hydrogens (tertiary/aromatic N) is 3. The number of ether oxygens (including phenoxy) is 2. The highest BCUT2D eigenvalue weighted by atomic mass is 79.9. The summed E-state index contributed by atoms with van der Waals surface area (Å²) in [6.45, 7) is 5.77. The molecule has 0 bridgehead atoms. The van der Waals surface area contributed by atoms with E-state index in [4.69, 9.17) is 14.5 Å². The molecular formula is C20H22BrN3O2S. The largest absolute Gasteiger partial charge is 0.493 e. The molecule has 0 unspecified atom stereocenters. The van der Waals surface area contributed by atoms with E-state index in [0.717, 1.165) is 38.9 Å². The molecular weight excluding hydrogens is 426 g/mol. The molecule has 2 aliphatic heterocycles. The average molecular weight is 448 g/mol. The van der Waals surface area contributed by atoms with E-state index >= 15 is 0 Å². The number of fused-ring (bicyclic) bond motifs is 1. The van der Waals surface area contributed by atoms with E-state index in [1.54, 1.807) is 7.11 Å². The third-order valence-electron chi connectivity index (χ3n) is 4.76. The second-order valence-electron chi connectivity index (χ2n) is 6.60. The van der Waals surface area contributed by atoms with Gasteiger partial charge < -0.3 is 14.4 Å². The maximum Gasteiger partial charge on any atom is 0.175 e. The summed E-state index contributed by atoms with van der Waals surface area (Å²) in [5, 5.41) is 1.64. The number of rotatable bonds is 5. The normalized spacial score (nSPS) is 23.9. The van der Waals surface area contributed by atoms with Crippen molar-refractivity contribution in [2.24, 2.45) is 4.99 Å². The minimum atomic E-state index is -0.0317. The number of benzene rings is 1. The second kappa shape index (κ2) is 7.72. The molecule has 0 aliphatic carbocycles. The lowest BCUT2D eigenvalue weighted by atomic mass is 9.96. The summed E-state index contributed by atoms with van der Waals surface area (Å²) < 4.78 is 12.3. The topological polar surface area (TPSA) is 47.0 Å². The van der Waals surface area contributed by atoms with Crippen molar-refractivity contribution in [3.8, 4) is 11.5 Å². The van der Waals surface area contributed by atoms with Gasteiger partial charge in [0, 0.05) is 18.0 Å². The number of thioether (sulfide) groups is 1. The van der Waals surface area contributed by atoms with Gasteiger partial charge in [-0.05, 0) is 52.7 Å². The number of methoxy groups -OCH3 is 1. The van der Waals surface area contributed by atoms with Crippen molar-refractivity contribution in [2.45, 2.75) is 31.2 Å². The number of pyridine rings is 1. The van der Waals surface area contributed by atoms with Gasteiger partial charge in [0.1, 0.15) is 6.04 Å². The molecule has 1 saturated heterocycles. The van der Waals surface area contributed by atoms with Crippen LogP contribution in [0.5, 0.6) is 11.5 Å². The fraction of sp³-hybridized carbons (Fsp3) is 0.400. The van der Waals surface area contributed by atoms with Crippen LogP contribution in [0, 0.1) is 0 Å². The molecule has 3 heterocycles. The Morgan fingerprint density at radius 2 is 2.19 bits per heavy atom. The first-order valence-corrected chi connectivity index (χ1v) is 10.7. The molecule has 1 aromatic carbocycles. The molecule has 0 spiro atoms. The predicted octanol–water partition coefficient (Wildman–Crippen LogP) is 4.84. The van der Waals surface area contributed by atoms with Gasteiger partial charge in [0.05, 0.1) is 29.9 Å². The zero-order chi connectivity index (χ0) is 19.0. The van der Waals surface area contributed by atoms with Crippen LogP contribution in [0.4, 0.5) is 0 Å². The molecule has 4 rings (SSSR count). The Morgan fingerprint density at radius 3 is 2.89 bits per heavy atom. The first-order chi connectivity index (χ1) is 13.1.